The number of hydrogen-bond acceptors (Lipinski definition) is 2. The molecule has 0 aliphatic carbocycles. The molecule has 2 amide bonds. The molecular formula is C14H21N3O. The first-order valence-corrected chi connectivity index (χ1v) is 6.56. The van der Waals surface area contributed by atoms with Gasteiger partial charge < -0.3 is 15.1 Å². The maximum Gasteiger partial charge on any atom is 0.317 e. The monoisotopic (exact) mass is 247 g/mol. The Balaban J connectivity index is 1.73. The summed E-state index contributed by atoms with van der Waals surface area (Å²) in [5, 5.41) is 2.88. The lowest BCUT2D eigenvalue weighted by Gasteiger charge is -2.28. The van der Waals surface area contributed by atoms with E-state index in [2.05, 4.69) is 29.4 Å². The highest BCUT2D eigenvalue weighted by Gasteiger charge is 2.16. The highest BCUT2D eigenvalue weighted by atomic mass is 16.2. The summed E-state index contributed by atoms with van der Waals surface area (Å²) in [7, 11) is 2.09. The minimum absolute atomic E-state index is 0.0867. The van der Waals surface area contributed by atoms with Crippen molar-refractivity contribution in [3.05, 3.63) is 30.3 Å². The third-order valence-electron chi connectivity index (χ3n) is 3.29. The molecule has 1 aromatic carbocycles. The van der Waals surface area contributed by atoms with Gasteiger partial charge >= 0.3 is 6.03 Å². The van der Waals surface area contributed by atoms with Gasteiger partial charge in [0.15, 0.2) is 0 Å². The van der Waals surface area contributed by atoms with Gasteiger partial charge in [0.05, 0.1) is 0 Å². The lowest BCUT2D eigenvalue weighted by atomic mass is 10.2. The molecule has 4 heteroatoms. The van der Waals surface area contributed by atoms with Crippen molar-refractivity contribution in [1.29, 1.82) is 0 Å². The number of nitrogens with one attached hydrogen (secondary N) is 1. The van der Waals surface area contributed by atoms with Crippen molar-refractivity contribution >= 4 is 11.7 Å². The Kier molecular flexibility index (Phi) is 4.45. The van der Waals surface area contributed by atoms with E-state index in [1.54, 1.807) is 0 Å². The van der Waals surface area contributed by atoms with Crippen LogP contribution in [0.1, 0.15) is 12.8 Å². The molecule has 98 valence electrons. The molecule has 0 unspecified atom stereocenters. The van der Waals surface area contributed by atoms with Crippen LogP contribution in [0.5, 0.6) is 0 Å². The summed E-state index contributed by atoms with van der Waals surface area (Å²) in [6, 6.07) is 10.4. The van der Waals surface area contributed by atoms with E-state index >= 15 is 0 Å². The molecule has 0 bridgehead atoms. The largest absolute Gasteiger partial charge is 0.375 e. The van der Waals surface area contributed by atoms with E-state index in [9.17, 15) is 4.79 Å². The Hall–Kier alpha value is -1.71. The van der Waals surface area contributed by atoms with E-state index in [1.807, 2.05) is 23.1 Å². The zero-order valence-corrected chi connectivity index (χ0v) is 10.9. The van der Waals surface area contributed by atoms with Gasteiger partial charge in [-0.25, -0.2) is 4.79 Å². The molecule has 1 N–H and O–H groups in total. The average molecular weight is 247 g/mol. The molecule has 0 radical (unpaired) electrons. The van der Waals surface area contributed by atoms with E-state index < -0.39 is 0 Å². The third-order valence-corrected chi connectivity index (χ3v) is 3.29. The summed E-state index contributed by atoms with van der Waals surface area (Å²) >= 11 is 0. The van der Waals surface area contributed by atoms with Crippen LogP contribution in [0.15, 0.2) is 30.3 Å². The van der Waals surface area contributed by atoms with E-state index in [1.165, 1.54) is 5.69 Å². The van der Waals surface area contributed by atoms with Crippen molar-refractivity contribution < 1.29 is 4.79 Å². The molecule has 0 saturated carbocycles. The van der Waals surface area contributed by atoms with Crippen LogP contribution in [-0.2, 0) is 0 Å². The summed E-state index contributed by atoms with van der Waals surface area (Å²) in [6.07, 6.45) is 2.05. The Bertz CT molecular complexity index is 380. The van der Waals surface area contributed by atoms with Crippen molar-refractivity contribution in [2.24, 2.45) is 0 Å². The van der Waals surface area contributed by atoms with Crippen LogP contribution < -0.4 is 10.2 Å². The topological polar surface area (TPSA) is 35.6 Å². The predicted octanol–water partition coefficient (Wildman–Crippen LogP) is 1.93. The van der Waals surface area contributed by atoms with Crippen LogP contribution in [0.3, 0.4) is 0 Å². The predicted molar refractivity (Wildman–Crippen MR) is 73.9 cm³/mol. The highest BCUT2D eigenvalue weighted by Crippen LogP contribution is 2.11. The number of hydrogen-bond donors (Lipinski definition) is 1. The zero-order valence-electron chi connectivity index (χ0n) is 10.9. The second kappa shape index (κ2) is 6.28. The number of nitrogens with zero attached hydrogens (tertiary/aromatic N) is 2. The Morgan fingerprint density at radius 2 is 2.11 bits per heavy atom. The number of anilines is 1. The molecule has 1 aromatic rings. The molecule has 1 fully saturated rings. The molecule has 4 nitrogen and oxygen atoms in total. The molecular weight excluding hydrogens is 226 g/mol. The second-order valence-corrected chi connectivity index (χ2v) is 4.68. The first-order valence-electron chi connectivity index (χ1n) is 6.56. The maximum atomic E-state index is 11.5. The van der Waals surface area contributed by atoms with E-state index in [4.69, 9.17) is 0 Å². The van der Waals surface area contributed by atoms with E-state index in [0.29, 0.717) is 0 Å². The first-order chi connectivity index (χ1) is 8.77. The van der Waals surface area contributed by atoms with Crippen molar-refractivity contribution in [3.8, 4) is 0 Å². The number of rotatable bonds is 5. The van der Waals surface area contributed by atoms with Crippen LogP contribution in [0, 0.1) is 0 Å². The summed E-state index contributed by atoms with van der Waals surface area (Å²) in [6.45, 7) is 3.51. The van der Waals surface area contributed by atoms with Crippen molar-refractivity contribution in [2.75, 3.05) is 38.1 Å². The van der Waals surface area contributed by atoms with Gasteiger partial charge in [-0.15, -0.1) is 0 Å². The summed E-state index contributed by atoms with van der Waals surface area (Å²) < 4.78 is 0. The molecule has 0 atom stereocenters. The van der Waals surface area contributed by atoms with Crippen LogP contribution in [-0.4, -0.2) is 44.2 Å². The van der Waals surface area contributed by atoms with Gasteiger partial charge in [-0.3, -0.25) is 0 Å². The standard InChI is InChI=1S/C14H21N3O/c1-16(13-7-3-2-4-8-13)10-6-12-17-11-5-9-15-14(17)18/h2-4,7-8H,5-6,9-12H2,1H3,(H,15,18). The van der Waals surface area contributed by atoms with E-state index in [-0.39, 0.29) is 6.03 Å². The van der Waals surface area contributed by atoms with Gasteiger partial charge in [0.2, 0.25) is 0 Å². The Morgan fingerprint density at radius 3 is 2.83 bits per heavy atom. The number of benzene rings is 1. The summed E-state index contributed by atoms with van der Waals surface area (Å²) in [4.78, 5) is 15.7. The van der Waals surface area contributed by atoms with Gasteiger partial charge in [-0.1, -0.05) is 18.2 Å². The summed E-state index contributed by atoms with van der Waals surface area (Å²) in [5.41, 5.74) is 1.22. The smallest absolute Gasteiger partial charge is 0.317 e. The average Bonchev–Trinajstić information content (AvgIpc) is 2.42. The normalized spacial score (nSPS) is 15.4. The number of urea groups is 1. The van der Waals surface area contributed by atoms with Crippen LogP contribution >= 0.6 is 0 Å². The van der Waals surface area contributed by atoms with Gasteiger partial charge in [-0.2, -0.15) is 0 Å². The quantitative estimate of drug-likeness (QED) is 0.863. The van der Waals surface area contributed by atoms with Gasteiger partial charge in [0.25, 0.3) is 0 Å². The van der Waals surface area contributed by atoms with Gasteiger partial charge in [0.1, 0.15) is 0 Å². The molecule has 1 aliphatic rings. The van der Waals surface area contributed by atoms with E-state index in [0.717, 1.165) is 39.0 Å². The number of para-hydroxylation sites is 1. The Labute approximate surface area is 109 Å². The van der Waals surface area contributed by atoms with Crippen molar-refractivity contribution in [3.63, 3.8) is 0 Å². The van der Waals surface area contributed by atoms with Crippen molar-refractivity contribution in [2.45, 2.75) is 12.8 Å². The van der Waals surface area contributed by atoms with Crippen LogP contribution in [0.25, 0.3) is 0 Å². The fourth-order valence-corrected chi connectivity index (χ4v) is 2.20. The number of carbonyl (C=O) groups excluding carboxylic acids is 1. The molecule has 18 heavy (non-hydrogen) atoms. The third kappa shape index (κ3) is 3.39. The number of carbonyl (C=O) groups is 1. The maximum absolute atomic E-state index is 11.5. The fraction of sp³-hybridized carbons (Fsp3) is 0.500. The molecule has 2 rings (SSSR count). The van der Waals surface area contributed by atoms with Gasteiger partial charge in [-0.05, 0) is 25.0 Å². The lowest BCUT2D eigenvalue weighted by Crippen LogP contribution is -2.47. The minimum Gasteiger partial charge on any atom is -0.375 e. The fourth-order valence-electron chi connectivity index (χ4n) is 2.20. The second-order valence-electron chi connectivity index (χ2n) is 4.68. The van der Waals surface area contributed by atoms with Crippen molar-refractivity contribution in [1.82, 2.24) is 10.2 Å². The summed E-state index contributed by atoms with van der Waals surface area (Å²) in [5.74, 6) is 0. The molecule has 1 aliphatic heterocycles. The molecule has 1 heterocycles. The van der Waals surface area contributed by atoms with Crippen LogP contribution in [0.2, 0.25) is 0 Å². The molecule has 1 saturated heterocycles. The lowest BCUT2D eigenvalue weighted by molar-refractivity contribution is 0.186. The van der Waals surface area contributed by atoms with Crippen LogP contribution in [0.4, 0.5) is 10.5 Å². The number of amides is 2. The molecule has 0 spiro atoms. The zero-order chi connectivity index (χ0) is 12.8. The first kappa shape index (κ1) is 12.7. The molecule has 0 aromatic heterocycles. The highest BCUT2D eigenvalue weighted by molar-refractivity contribution is 5.74. The minimum atomic E-state index is 0.0867. The SMILES string of the molecule is CN(CCCN1CCCNC1=O)c1ccccc1. The Morgan fingerprint density at radius 1 is 1.33 bits per heavy atom. The van der Waals surface area contributed by atoms with Gasteiger partial charge in [0, 0.05) is 38.9 Å².